The molecule has 0 saturated heterocycles. The smallest absolute Gasteiger partial charge is 0.125 e. The molecule has 1 unspecified atom stereocenters. The van der Waals surface area contributed by atoms with Crippen LogP contribution < -0.4 is 10.2 Å². The molecule has 0 aliphatic carbocycles. The molecule has 76 valence electrons. The van der Waals surface area contributed by atoms with Crippen LogP contribution in [-0.2, 0) is 0 Å². The number of nitrogens with one attached hydrogen (secondary N) is 1. The summed E-state index contributed by atoms with van der Waals surface area (Å²) >= 11 is 0. The maximum Gasteiger partial charge on any atom is 0.125 e. The molecule has 14 heavy (non-hydrogen) atoms. The van der Waals surface area contributed by atoms with E-state index in [1.807, 2.05) is 13.1 Å². The van der Waals surface area contributed by atoms with Crippen LogP contribution >= 0.6 is 0 Å². The first kappa shape index (κ1) is 9.31. The fraction of sp³-hybridized carbons (Fsp3) is 0.455. The summed E-state index contributed by atoms with van der Waals surface area (Å²) in [5.41, 5.74) is 1.98. The quantitative estimate of drug-likeness (QED) is 0.682. The van der Waals surface area contributed by atoms with Crippen molar-refractivity contribution in [2.75, 3.05) is 23.8 Å². The highest BCUT2D eigenvalue weighted by Gasteiger charge is 2.15. The second kappa shape index (κ2) is 3.48. The Labute approximate surface area is 83.7 Å². The maximum atomic E-state index is 13.0. The third-order valence-corrected chi connectivity index (χ3v) is 2.67. The summed E-state index contributed by atoms with van der Waals surface area (Å²) in [6.07, 6.45) is 1.08. The Kier molecular flexibility index (Phi) is 2.32. The number of hydrogen-bond acceptors (Lipinski definition) is 2. The van der Waals surface area contributed by atoms with Gasteiger partial charge in [-0.25, -0.2) is 4.39 Å². The van der Waals surface area contributed by atoms with Gasteiger partial charge in [0.2, 0.25) is 0 Å². The number of benzene rings is 1. The monoisotopic (exact) mass is 194 g/mol. The lowest BCUT2D eigenvalue weighted by Gasteiger charge is -2.18. The van der Waals surface area contributed by atoms with Gasteiger partial charge < -0.3 is 10.2 Å². The van der Waals surface area contributed by atoms with Crippen LogP contribution in [0, 0.1) is 5.82 Å². The summed E-state index contributed by atoms with van der Waals surface area (Å²) < 4.78 is 13.0. The van der Waals surface area contributed by atoms with E-state index >= 15 is 0 Å². The highest BCUT2D eigenvalue weighted by Crippen LogP contribution is 2.29. The van der Waals surface area contributed by atoms with Crippen LogP contribution in [0.4, 0.5) is 15.8 Å². The molecule has 1 heterocycles. The molecule has 2 rings (SSSR count). The minimum atomic E-state index is -0.174. The van der Waals surface area contributed by atoms with E-state index < -0.39 is 0 Å². The molecule has 2 nitrogen and oxygen atoms in total. The van der Waals surface area contributed by atoms with Crippen LogP contribution in [-0.4, -0.2) is 19.6 Å². The Morgan fingerprint density at radius 2 is 2.29 bits per heavy atom. The second-order valence-electron chi connectivity index (χ2n) is 3.92. The molecule has 3 heteroatoms. The zero-order valence-electron chi connectivity index (χ0n) is 8.55. The summed E-state index contributed by atoms with van der Waals surface area (Å²) in [5, 5.41) is 3.37. The number of fused-ring (bicyclic) bond motifs is 1. The molecular weight excluding hydrogens is 179 g/mol. The molecule has 0 radical (unpaired) electrons. The van der Waals surface area contributed by atoms with Crippen molar-refractivity contribution < 1.29 is 4.39 Å². The van der Waals surface area contributed by atoms with Crippen LogP contribution in [0.2, 0.25) is 0 Å². The maximum absolute atomic E-state index is 13.0. The van der Waals surface area contributed by atoms with Crippen molar-refractivity contribution in [3.05, 3.63) is 24.0 Å². The molecular formula is C11H15FN2. The molecule has 0 fully saturated rings. The lowest BCUT2D eigenvalue weighted by atomic mass is 10.2. The number of halogens is 1. The van der Waals surface area contributed by atoms with E-state index in [0.29, 0.717) is 6.04 Å². The van der Waals surface area contributed by atoms with E-state index in [2.05, 4.69) is 17.1 Å². The average Bonchev–Trinajstić information content (AvgIpc) is 2.29. The first-order valence-electron chi connectivity index (χ1n) is 4.94. The van der Waals surface area contributed by atoms with E-state index in [9.17, 15) is 4.39 Å². The van der Waals surface area contributed by atoms with Gasteiger partial charge in [0.25, 0.3) is 0 Å². The highest BCUT2D eigenvalue weighted by atomic mass is 19.1. The normalized spacial score (nSPS) is 21.1. The van der Waals surface area contributed by atoms with Crippen LogP contribution in [0.15, 0.2) is 18.2 Å². The van der Waals surface area contributed by atoms with Crippen LogP contribution in [0.1, 0.15) is 13.3 Å². The fourth-order valence-corrected chi connectivity index (χ4v) is 1.79. The Balaban J connectivity index is 2.42. The van der Waals surface area contributed by atoms with Gasteiger partial charge in [0.1, 0.15) is 5.82 Å². The number of anilines is 2. The largest absolute Gasteiger partial charge is 0.381 e. The van der Waals surface area contributed by atoms with E-state index in [1.54, 1.807) is 6.07 Å². The number of hydrogen-bond donors (Lipinski definition) is 1. The molecule has 0 amide bonds. The van der Waals surface area contributed by atoms with Crippen molar-refractivity contribution in [1.29, 1.82) is 0 Å². The third kappa shape index (κ3) is 1.67. The average molecular weight is 194 g/mol. The van der Waals surface area contributed by atoms with Gasteiger partial charge in [-0.05, 0) is 31.5 Å². The Morgan fingerprint density at radius 1 is 1.50 bits per heavy atom. The summed E-state index contributed by atoms with van der Waals surface area (Å²) in [5.74, 6) is -0.174. The SMILES string of the molecule is CC1CCN(C)c2cc(F)ccc2N1. The first-order chi connectivity index (χ1) is 6.66. The van der Waals surface area contributed by atoms with Crippen molar-refractivity contribution >= 4 is 11.4 Å². The molecule has 1 N–H and O–H groups in total. The molecule has 1 aliphatic heterocycles. The predicted molar refractivity (Wildman–Crippen MR) is 57.4 cm³/mol. The molecule has 1 atom stereocenters. The van der Waals surface area contributed by atoms with Gasteiger partial charge in [0, 0.05) is 19.6 Å². The van der Waals surface area contributed by atoms with Gasteiger partial charge in [0.15, 0.2) is 0 Å². The van der Waals surface area contributed by atoms with E-state index in [1.165, 1.54) is 6.07 Å². The second-order valence-corrected chi connectivity index (χ2v) is 3.92. The van der Waals surface area contributed by atoms with E-state index in [0.717, 1.165) is 24.3 Å². The van der Waals surface area contributed by atoms with Gasteiger partial charge in [-0.2, -0.15) is 0 Å². The Morgan fingerprint density at radius 3 is 3.07 bits per heavy atom. The minimum absolute atomic E-state index is 0.174. The molecule has 0 saturated carbocycles. The van der Waals surface area contributed by atoms with Crippen LogP contribution in [0.25, 0.3) is 0 Å². The summed E-state index contributed by atoms with van der Waals surface area (Å²) in [6, 6.07) is 5.34. The molecule has 0 spiro atoms. The van der Waals surface area contributed by atoms with Crippen molar-refractivity contribution in [3.63, 3.8) is 0 Å². The van der Waals surface area contributed by atoms with Crippen molar-refractivity contribution in [1.82, 2.24) is 0 Å². The Bertz CT molecular complexity index is 338. The minimum Gasteiger partial charge on any atom is -0.381 e. The number of nitrogens with zero attached hydrogens (tertiary/aromatic N) is 1. The zero-order valence-corrected chi connectivity index (χ0v) is 8.55. The van der Waals surface area contributed by atoms with Crippen molar-refractivity contribution in [2.45, 2.75) is 19.4 Å². The van der Waals surface area contributed by atoms with Gasteiger partial charge in [-0.3, -0.25) is 0 Å². The zero-order chi connectivity index (χ0) is 10.1. The van der Waals surface area contributed by atoms with Crippen LogP contribution in [0.5, 0.6) is 0 Å². The lowest BCUT2D eigenvalue weighted by molar-refractivity contribution is 0.627. The molecule has 0 bridgehead atoms. The van der Waals surface area contributed by atoms with Crippen LogP contribution in [0.3, 0.4) is 0 Å². The van der Waals surface area contributed by atoms with Gasteiger partial charge in [0.05, 0.1) is 11.4 Å². The third-order valence-electron chi connectivity index (χ3n) is 2.67. The van der Waals surface area contributed by atoms with Gasteiger partial charge >= 0.3 is 0 Å². The Hall–Kier alpha value is -1.25. The van der Waals surface area contributed by atoms with Gasteiger partial charge in [-0.1, -0.05) is 0 Å². The van der Waals surface area contributed by atoms with E-state index in [-0.39, 0.29) is 5.82 Å². The summed E-state index contributed by atoms with van der Waals surface area (Å²) in [7, 11) is 2.00. The fourth-order valence-electron chi connectivity index (χ4n) is 1.79. The predicted octanol–water partition coefficient (Wildman–Crippen LogP) is 2.47. The number of rotatable bonds is 0. The van der Waals surface area contributed by atoms with Crippen molar-refractivity contribution in [2.24, 2.45) is 0 Å². The van der Waals surface area contributed by atoms with E-state index in [4.69, 9.17) is 0 Å². The van der Waals surface area contributed by atoms with Crippen molar-refractivity contribution in [3.8, 4) is 0 Å². The topological polar surface area (TPSA) is 15.3 Å². The lowest BCUT2D eigenvalue weighted by Crippen LogP contribution is -2.20. The first-order valence-corrected chi connectivity index (χ1v) is 4.94. The summed E-state index contributed by atoms with van der Waals surface area (Å²) in [6.45, 7) is 3.11. The molecule has 0 aromatic heterocycles. The highest BCUT2D eigenvalue weighted by molar-refractivity contribution is 5.70. The molecule has 1 aliphatic rings. The molecule has 1 aromatic carbocycles. The standard InChI is InChI=1S/C11H15FN2/c1-8-5-6-14(2)11-7-9(12)3-4-10(11)13-8/h3-4,7-8,13H,5-6H2,1-2H3. The molecule has 1 aromatic rings. The summed E-state index contributed by atoms with van der Waals surface area (Å²) in [4.78, 5) is 2.09. The van der Waals surface area contributed by atoms with Gasteiger partial charge in [-0.15, -0.1) is 0 Å².